The third-order valence-corrected chi connectivity index (χ3v) is 5.25. The summed E-state index contributed by atoms with van der Waals surface area (Å²) in [5, 5.41) is 8.95. The average molecular weight is 311 g/mol. The zero-order valence-electron chi connectivity index (χ0n) is 12.2. The van der Waals surface area contributed by atoms with E-state index in [9.17, 15) is 4.21 Å². The van der Waals surface area contributed by atoms with Gasteiger partial charge < -0.3 is 4.90 Å². The summed E-state index contributed by atoms with van der Waals surface area (Å²) in [6.45, 7) is 3.21. The Morgan fingerprint density at radius 1 is 0.955 bits per heavy atom. The Hall–Kier alpha value is -2.16. The summed E-state index contributed by atoms with van der Waals surface area (Å²) in [5.41, 5.74) is 1.76. The van der Waals surface area contributed by atoms with Crippen molar-refractivity contribution in [3.8, 4) is 6.07 Å². The molecule has 4 nitrogen and oxygen atoms in total. The second-order valence-corrected chi connectivity index (χ2v) is 6.63. The Morgan fingerprint density at radius 2 is 1.68 bits per heavy atom. The van der Waals surface area contributed by atoms with Gasteiger partial charge in [-0.15, -0.1) is 0 Å². The van der Waals surface area contributed by atoms with Crippen LogP contribution in [0.5, 0.6) is 0 Å². The number of nitrogens with zero attached hydrogens (tertiary/aromatic N) is 3. The van der Waals surface area contributed by atoms with E-state index in [1.54, 1.807) is 18.2 Å². The Kier molecular flexibility index (Phi) is 4.52. The molecular formula is C17H17N3OS. The van der Waals surface area contributed by atoms with Gasteiger partial charge in [0.25, 0.3) is 0 Å². The van der Waals surface area contributed by atoms with Crippen molar-refractivity contribution in [3.63, 3.8) is 0 Å². The molecule has 22 heavy (non-hydrogen) atoms. The van der Waals surface area contributed by atoms with Crippen LogP contribution in [0.2, 0.25) is 0 Å². The molecule has 2 aromatic rings. The van der Waals surface area contributed by atoms with Gasteiger partial charge in [0.1, 0.15) is 11.0 Å². The van der Waals surface area contributed by atoms with Crippen molar-refractivity contribution >= 4 is 16.7 Å². The first kappa shape index (κ1) is 14.8. The summed E-state index contributed by atoms with van der Waals surface area (Å²) in [6, 6.07) is 19.4. The molecule has 3 rings (SSSR count). The molecule has 0 bridgehead atoms. The Balaban J connectivity index is 1.66. The fourth-order valence-electron chi connectivity index (χ4n) is 2.57. The molecule has 0 radical (unpaired) electrons. The van der Waals surface area contributed by atoms with Gasteiger partial charge >= 0.3 is 0 Å². The van der Waals surface area contributed by atoms with Gasteiger partial charge in [0.05, 0.1) is 16.5 Å². The van der Waals surface area contributed by atoms with Gasteiger partial charge in [-0.2, -0.15) is 5.26 Å². The van der Waals surface area contributed by atoms with Crippen LogP contribution in [-0.4, -0.2) is 34.7 Å². The number of piperazine rings is 1. The van der Waals surface area contributed by atoms with Crippen molar-refractivity contribution in [1.82, 2.24) is 4.31 Å². The van der Waals surface area contributed by atoms with Gasteiger partial charge in [0.15, 0.2) is 0 Å². The fourth-order valence-corrected chi connectivity index (χ4v) is 3.79. The van der Waals surface area contributed by atoms with Crippen LogP contribution in [0.15, 0.2) is 59.5 Å². The van der Waals surface area contributed by atoms with Crippen molar-refractivity contribution < 1.29 is 4.21 Å². The second kappa shape index (κ2) is 6.73. The van der Waals surface area contributed by atoms with Crippen LogP contribution in [0.25, 0.3) is 0 Å². The normalized spacial score (nSPS) is 17.0. The van der Waals surface area contributed by atoms with E-state index >= 15 is 0 Å². The van der Waals surface area contributed by atoms with Gasteiger partial charge in [-0.05, 0) is 30.3 Å². The van der Waals surface area contributed by atoms with Crippen molar-refractivity contribution in [1.29, 1.82) is 5.26 Å². The maximum absolute atomic E-state index is 12.6. The van der Waals surface area contributed by atoms with E-state index in [4.69, 9.17) is 5.26 Å². The summed E-state index contributed by atoms with van der Waals surface area (Å²) >= 11 is 0. The van der Waals surface area contributed by atoms with Gasteiger partial charge in [-0.1, -0.05) is 24.3 Å². The maximum Gasteiger partial charge on any atom is 0.127 e. The van der Waals surface area contributed by atoms with Gasteiger partial charge in [-0.25, -0.2) is 8.51 Å². The van der Waals surface area contributed by atoms with Crippen LogP contribution in [0.1, 0.15) is 5.56 Å². The molecule has 2 aromatic carbocycles. The first-order valence-corrected chi connectivity index (χ1v) is 8.35. The maximum atomic E-state index is 12.6. The van der Waals surface area contributed by atoms with E-state index in [1.807, 2.05) is 28.6 Å². The van der Waals surface area contributed by atoms with E-state index in [0.29, 0.717) is 10.5 Å². The van der Waals surface area contributed by atoms with Crippen LogP contribution in [0.4, 0.5) is 5.69 Å². The molecule has 1 heterocycles. The highest BCUT2D eigenvalue weighted by molar-refractivity contribution is 7.82. The lowest BCUT2D eigenvalue weighted by atomic mass is 10.2. The lowest BCUT2D eigenvalue weighted by molar-refractivity contribution is 0.410. The minimum absolute atomic E-state index is 0.550. The molecule has 1 fully saturated rings. The molecule has 0 N–H and O–H groups in total. The number of para-hydroxylation sites is 1. The van der Waals surface area contributed by atoms with E-state index in [0.717, 1.165) is 26.2 Å². The van der Waals surface area contributed by atoms with E-state index in [2.05, 4.69) is 23.1 Å². The zero-order valence-corrected chi connectivity index (χ0v) is 13.0. The SMILES string of the molecule is N#Cc1cccc(S(=O)N2CCN(c3ccccc3)CC2)c1. The summed E-state index contributed by atoms with van der Waals surface area (Å²) in [5.74, 6) is 0. The Labute approximate surface area is 133 Å². The Bertz CT molecular complexity index is 703. The minimum atomic E-state index is -1.20. The monoisotopic (exact) mass is 311 g/mol. The second-order valence-electron chi connectivity index (χ2n) is 5.14. The fraction of sp³-hybridized carbons (Fsp3) is 0.235. The molecule has 5 heteroatoms. The number of hydrogen-bond donors (Lipinski definition) is 0. The number of nitriles is 1. The highest BCUT2D eigenvalue weighted by Crippen LogP contribution is 2.19. The molecule has 0 spiro atoms. The molecule has 112 valence electrons. The number of benzene rings is 2. The highest BCUT2D eigenvalue weighted by atomic mass is 32.2. The molecule has 1 unspecified atom stereocenters. The Morgan fingerprint density at radius 3 is 2.36 bits per heavy atom. The summed E-state index contributed by atoms with van der Waals surface area (Å²) in [6.07, 6.45) is 0. The van der Waals surface area contributed by atoms with Crippen LogP contribution in [0, 0.1) is 11.3 Å². The van der Waals surface area contributed by atoms with E-state index in [-0.39, 0.29) is 0 Å². The third kappa shape index (κ3) is 3.19. The third-order valence-electron chi connectivity index (χ3n) is 3.76. The van der Waals surface area contributed by atoms with Gasteiger partial charge in [0.2, 0.25) is 0 Å². The molecule has 1 atom stereocenters. The predicted octanol–water partition coefficient (Wildman–Crippen LogP) is 2.40. The number of rotatable bonds is 3. The highest BCUT2D eigenvalue weighted by Gasteiger charge is 2.22. The molecule has 1 aliphatic rings. The largest absolute Gasteiger partial charge is 0.369 e. The summed E-state index contributed by atoms with van der Waals surface area (Å²) in [7, 11) is -1.20. The zero-order chi connectivity index (χ0) is 15.4. The molecule has 0 saturated carbocycles. The van der Waals surface area contributed by atoms with Crippen molar-refractivity contribution in [2.45, 2.75) is 4.90 Å². The van der Waals surface area contributed by atoms with E-state index in [1.165, 1.54) is 5.69 Å². The topological polar surface area (TPSA) is 47.3 Å². The molecule has 1 aliphatic heterocycles. The van der Waals surface area contributed by atoms with Crippen LogP contribution in [-0.2, 0) is 11.0 Å². The van der Waals surface area contributed by atoms with Crippen LogP contribution < -0.4 is 4.90 Å². The van der Waals surface area contributed by atoms with Crippen LogP contribution in [0.3, 0.4) is 0 Å². The lowest BCUT2D eigenvalue weighted by Crippen LogP contribution is -2.46. The summed E-state index contributed by atoms with van der Waals surface area (Å²) in [4.78, 5) is 3.01. The van der Waals surface area contributed by atoms with Gasteiger partial charge in [0, 0.05) is 31.9 Å². The molecular weight excluding hydrogens is 294 g/mol. The average Bonchev–Trinajstić information content (AvgIpc) is 2.62. The number of anilines is 1. The lowest BCUT2D eigenvalue weighted by Gasteiger charge is -2.35. The molecule has 1 saturated heterocycles. The van der Waals surface area contributed by atoms with E-state index < -0.39 is 11.0 Å². The number of hydrogen-bond acceptors (Lipinski definition) is 3. The predicted molar refractivity (Wildman–Crippen MR) is 87.8 cm³/mol. The quantitative estimate of drug-likeness (QED) is 0.874. The van der Waals surface area contributed by atoms with Gasteiger partial charge in [-0.3, -0.25) is 0 Å². The smallest absolute Gasteiger partial charge is 0.127 e. The minimum Gasteiger partial charge on any atom is -0.369 e. The first-order valence-electron chi connectivity index (χ1n) is 7.25. The standard InChI is InChI=1S/C17H17N3OS/c18-14-15-5-4-8-17(13-15)22(21)20-11-9-19(10-12-20)16-6-2-1-3-7-16/h1-8,13H,9-12H2. The van der Waals surface area contributed by atoms with Crippen molar-refractivity contribution in [2.24, 2.45) is 0 Å². The van der Waals surface area contributed by atoms with Crippen molar-refractivity contribution in [3.05, 3.63) is 60.2 Å². The molecule has 0 amide bonds. The molecule has 0 aromatic heterocycles. The first-order chi connectivity index (χ1) is 10.8. The van der Waals surface area contributed by atoms with Crippen molar-refractivity contribution in [2.75, 3.05) is 31.1 Å². The van der Waals surface area contributed by atoms with Crippen LogP contribution >= 0.6 is 0 Å². The molecule has 0 aliphatic carbocycles. The summed E-state index contributed by atoms with van der Waals surface area (Å²) < 4.78 is 14.6.